The van der Waals surface area contributed by atoms with Gasteiger partial charge in [0.2, 0.25) is 0 Å². The van der Waals surface area contributed by atoms with Crippen LogP contribution in [0.25, 0.3) is 0 Å². The quantitative estimate of drug-likeness (QED) is 0.479. The van der Waals surface area contributed by atoms with Crippen LogP contribution in [0.1, 0.15) is 37.3 Å². The lowest BCUT2D eigenvalue weighted by atomic mass is 9.85. The first kappa shape index (κ1) is 17.4. The van der Waals surface area contributed by atoms with E-state index in [1.807, 2.05) is 31.2 Å². The monoisotopic (exact) mass is 344 g/mol. The van der Waals surface area contributed by atoms with E-state index in [1.165, 1.54) is 0 Å². The summed E-state index contributed by atoms with van der Waals surface area (Å²) in [5, 5.41) is 11.7. The van der Waals surface area contributed by atoms with E-state index in [-0.39, 0.29) is 17.4 Å². The predicted molar refractivity (Wildman–Crippen MR) is 94.7 cm³/mol. The molecule has 3 N–H and O–H groups in total. The Morgan fingerprint density at radius 2 is 2.04 bits per heavy atom. The van der Waals surface area contributed by atoms with Crippen molar-refractivity contribution in [1.29, 1.82) is 5.41 Å². The molecule has 2 aliphatic heterocycles. The van der Waals surface area contributed by atoms with Gasteiger partial charge in [-0.15, -0.1) is 0 Å². The number of amidine groups is 1. The van der Waals surface area contributed by atoms with Gasteiger partial charge in [-0.2, -0.15) is 0 Å². The molecule has 1 saturated heterocycles. The maximum Gasteiger partial charge on any atom is 0.320 e. The molecule has 1 aromatic carbocycles. The molecule has 25 heavy (non-hydrogen) atoms. The number of benzene rings is 1. The highest BCUT2D eigenvalue weighted by Crippen LogP contribution is 2.36. The molecule has 0 bridgehead atoms. The van der Waals surface area contributed by atoms with Gasteiger partial charge in [0.25, 0.3) is 0 Å². The van der Waals surface area contributed by atoms with Gasteiger partial charge < -0.3 is 15.3 Å². The Hall–Kier alpha value is -2.41. The number of nitrogens with two attached hydrogens (primary N) is 1. The maximum absolute atomic E-state index is 11.6. The molecule has 1 spiro atoms. The summed E-state index contributed by atoms with van der Waals surface area (Å²) in [6.07, 6.45) is 2.44. The normalized spacial score (nSPS) is 19.3. The minimum Gasteiger partial charge on any atom is -0.465 e. The molecule has 1 fully saturated rings. The molecular weight excluding hydrogens is 320 g/mol. The Kier molecular flexibility index (Phi) is 5.03. The molecule has 0 amide bonds. The van der Waals surface area contributed by atoms with Gasteiger partial charge in [0.1, 0.15) is 11.4 Å². The Balaban J connectivity index is 1.55. The van der Waals surface area contributed by atoms with Crippen molar-refractivity contribution in [3.63, 3.8) is 0 Å². The zero-order valence-corrected chi connectivity index (χ0v) is 14.5. The van der Waals surface area contributed by atoms with E-state index in [0.717, 1.165) is 43.6 Å². The molecule has 0 atom stereocenters. The van der Waals surface area contributed by atoms with E-state index in [0.29, 0.717) is 18.7 Å². The SMILES string of the molecule is CCOC(=O)CN1CCC2(CC1)CC(c1ccc(C(=N)N)cc1)=NO2. The standard InChI is InChI=1S/C18H24N4O3/c1-2-24-16(23)12-22-9-7-18(8-10-22)11-15(21-25-18)13-3-5-14(6-4-13)17(19)20/h3-6H,2,7-12H2,1H3,(H3,19,20). The van der Waals surface area contributed by atoms with Crippen molar-refractivity contribution in [3.8, 4) is 0 Å². The van der Waals surface area contributed by atoms with Crippen molar-refractivity contribution in [2.75, 3.05) is 26.2 Å². The minimum atomic E-state index is -0.264. The summed E-state index contributed by atoms with van der Waals surface area (Å²) in [7, 11) is 0. The van der Waals surface area contributed by atoms with Crippen LogP contribution in [0, 0.1) is 5.41 Å². The Labute approximate surface area is 147 Å². The highest BCUT2D eigenvalue weighted by atomic mass is 16.7. The molecular formula is C18H24N4O3. The Morgan fingerprint density at radius 1 is 1.36 bits per heavy atom. The lowest BCUT2D eigenvalue weighted by Gasteiger charge is -2.36. The number of oxime groups is 1. The molecule has 0 saturated carbocycles. The topological polar surface area (TPSA) is 101 Å². The van der Waals surface area contributed by atoms with Gasteiger partial charge in [-0.05, 0) is 12.5 Å². The van der Waals surface area contributed by atoms with E-state index in [1.54, 1.807) is 0 Å². The third-order valence-corrected chi connectivity index (χ3v) is 4.79. The van der Waals surface area contributed by atoms with Gasteiger partial charge in [0.15, 0.2) is 0 Å². The third-order valence-electron chi connectivity index (χ3n) is 4.79. The maximum atomic E-state index is 11.6. The zero-order chi connectivity index (χ0) is 17.9. The fourth-order valence-corrected chi connectivity index (χ4v) is 3.29. The highest BCUT2D eigenvalue weighted by molar-refractivity contribution is 6.03. The smallest absolute Gasteiger partial charge is 0.320 e. The molecule has 0 aliphatic carbocycles. The molecule has 2 heterocycles. The van der Waals surface area contributed by atoms with E-state index in [4.69, 9.17) is 20.7 Å². The summed E-state index contributed by atoms with van der Waals surface area (Å²) in [6.45, 7) is 4.16. The molecule has 0 aromatic heterocycles. The highest BCUT2D eigenvalue weighted by Gasteiger charge is 2.42. The number of piperidine rings is 1. The van der Waals surface area contributed by atoms with E-state index >= 15 is 0 Å². The molecule has 134 valence electrons. The van der Waals surface area contributed by atoms with Crippen LogP contribution in [0.4, 0.5) is 0 Å². The van der Waals surface area contributed by atoms with Gasteiger partial charge in [0.05, 0.1) is 18.9 Å². The van der Waals surface area contributed by atoms with Gasteiger partial charge in [-0.25, -0.2) is 0 Å². The number of likely N-dealkylation sites (tertiary alicyclic amines) is 1. The first-order valence-electron chi connectivity index (χ1n) is 8.59. The fraction of sp³-hybridized carbons (Fsp3) is 0.500. The van der Waals surface area contributed by atoms with Gasteiger partial charge in [-0.3, -0.25) is 15.1 Å². The molecule has 3 rings (SSSR count). The molecule has 7 heteroatoms. The number of rotatable bonds is 5. The number of nitrogen functional groups attached to an aromatic ring is 1. The van der Waals surface area contributed by atoms with Crippen LogP contribution in [0.3, 0.4) is 0 Å². The van der Waals surface area contributed by atoms with Crippen molar-refractivity contribution in [2.45, 2.75) is 31.8 Å². The second kappa shape index (κ2) is 7.23. The predicted octanol–water partition coefficient (Wildman–Crippen LogP) is 1.49. The van der Waals surface area contributed by atoms with Gasteiger partial charge in [0, 0.05) is 37.9 Å². The summed E-state index contributed by atoms with van der Waals surface area (Å²) >= 11 is 0. The summed E-state index contributed by atoms with van der Waals surface area (Å²) < 4.78 is 5.00. The van der Waals surface area contributed by atoms with Crippen LogP contribution < -0.4 is 5.73 Å². The first-order chi connectivity index (χ1) is 12.0. The number of hydrogen-bond acceptors (Lipinski definition) is 6. The van der Waals surface area contributed by atoms with Crippen LogP contribution in [0.5, 0.6) is 0 Å². The largest absolute Gasteiger partial charge is 0.465 e. The van der Waals surface area contributed by atoms with Crippen LogP contribution in [-0.4, -0.2) is 54.3 Å². The Bertz CT molecular complexity index is 676. The third kappa shape index (κ3) is 3.99. The lowest BCUT2D eigenvalue weighted by molar-refractivity contribution is -0.146. The van der Waals surface area contributed by atoms with Crippen molar-refractivity contribution >= 4 is 17.5 Å². The molecule has 0 radical (unpaired) electrons. The zero-order valence-electron chi connectivity index (χ0n) is 14.5. The van der Waals surface area contributed by atoms with E-state index in [2.05, 4.69) is 10.1 Å². The minimum absolute atomic E-state index is 0.0570. The van der Waals surface area contributed by atoms with E-state index in [9.17, 15) is 4.79 Å². The molecule has 1 aromatic rings. The Morgan fingerprint density at radius 3 is 2.64 bits per heavy atom. The number of nitrogens with one attached hydrogen (secondary N) is 1. The summed E-state index contributed by atoms with van der Waals surface area (Å²) in [5.74, 6) is -0.116. The number of ether oxygens (including phenoxy) is 1. The number of nitrogens with zero attached hydrogens (tertiary/aromatic N) is 2. The van der Waals surface area contributed by atoms with Gasteiger partial charge >= 0.3 is 5.97 Å². The molecule has 0 unspecified atom stereocenters. The lowest BCUT2D eigenvalue weighted by Crippen LogP contribution is -2.46. The molecule has 7 nitrogen and oxygen atoms in total. The average molecular weight is 344 g/mol. The van der Waals surface area contributed by atoms with Gasteiger partial charge in [-0.1, -0.05) is 29.4 Å². The average Bonchev–Trinajstić information content (AvgIpc) is 3.01. The number of esters is 1. The van der Waals surface area contributed by atoms with Crippen molar-refractivity contribution < 1.29 is 14.4 Å². The number of carbonyl (C=O) groups excluding carboxylic acids is 1. The van der Waals surface area contributed by atoms with Crippen LogP contribution in [-0.2, 0) is 14.4 Å². The van der Waals surface area contributed by atoms with Crippen molar-refractivity contribution in [2.24, 2.45) is 10.9 Å². The van der Waals surface area contributed by atoms with Crippen molar-refractivity contribution in [3.05, 3.63) is 35.4 Å². The second-order valence-corrected chi connectivity index (χ2v) is 6.56. The first-order valence-corrected chi connectivity index (χ1v) is 8.59. The van der Waals surface area contributed by atoms with Crippen LogP contribution >= 0.6 is 0 Å². The number of carbonyl (C=O) groups is 1. The fourth-order valence-electron chi connectivity index (χ4n) is 3.29. The van der Waals surface area contributed by atoms with Crippen molar-refractivity contribution in [1.82, 2.24) is 4.90 Å². The van der Waals surface area contributed by atoms with Crippen LogP contribution in [0.15, 0.2) is 29.4 Å². The molecule has 2 aliphatic rings. The summed E-state index contributed by atoms with van der Waals surface area (Å²) in [5.41, 5.74) is 7.84. The van der Waals surface area contributed by atoms with Crippen LogP contribution in [0.2, 0.25) is 0 Å². The summed E-state index contributed by atoms with van der Waals surface area (Å²) in [4.78, 5) is 19.5. The second-order valence-electron chi connectivity index (χ2n) is 6.56. The summed E-state index contributed by atoms with van der Waals surface area (Å²) in [6, 6.07) is 7.50. The van der Waals surface area contributed by atoms with E-state index < -0.39 is 0 Å². The number of hydrogen-bond donors (Lipinski definition) is 2.